The molecule has 2 heterocycles. The van der Waals surface area contributed by atoms with Gasteiger partial charge in [-0.25, -0.2) is 4.39 Å². The van der Waals surface area contributed by atoms with E-state index < -0.39 is 0 Å². The van der Waals surface area contributed by atoms with Crippen LogP contribution in [0, 0.1) is 5.82 Å². The predicted octanol–water partition coefficient (Wildman–Crippen LogP) is 9.33. The van der Waals surface area contributed by atoms with E-state index in [-0.39, 0.29) is 5.82 Å². The number of benzene rings is 6. The second kappa shape index (κ2) is 7.95. The third-order valence-electron chi connectivity index (χ3n) is 7.41. The van der Waals surface area contributed by atoms with E-state index in [9.17, 15) is 4.39 Å². The first-order valence-corrected chi connectivity index (χ1v) is 12.6. The fourth-order valence-corrected chi connectivity index (χ4v) is 5.79. The monoisotopic (exact) mass is 492 g/mol. The molecule has 6 bridgehead atoms. The smallest absolute Gasteiger partial charge is 0.175 e. The molecular weight excluding hydrogens is 471 g/mol. The first kappa shape index (κ1) is 21.0. The summed E-state index contributed by atoms with van der Waals surface area (Å²) >= 11 is 0. The third kappa shape index (κ3) is 2.94. The van der Waals surface area contributed by atoms with Crippen LogP contribution >= 0.6 is 0 Å². The van der Waals surface area contributed by atoms with E-state index in [1.54, 1.807) is 0 Å². The number of halogens is 1. The van der Waals surface area contributed by atoms with Crippen LogP contribution in [0.2, 0.25) is 0 Å². The molecule has 0 fully saturated rings. The Hall–Kier alpha value is -5.09. The molecule has 2 aromatic heterocycles. The zero-order valence-corrected chi connectivity index (χ0v) is 20.3. The Balaban J connectivity index is 1.77. The number of aromatic nitrogens is 2. The lowest BCUT2D eigenvalue weighted by Crippen LogP contribution is -2.02. The molecule has 0 radical (unpaired) electrons. The molecule has 6 aromatic carbocycles. The van der Waals surface area contributed by atoms with Crippen LogP contribution in [0.5, 0.6) is 0 Å². The summed E-state index contributed by atoms with van der Waals surface area (Å²) in [5.74, 6) is -0.269. The Morgan fingerprint density at radius 2 is 1.05 bits per heavy atom. The normalized spacial score (nSPS) is 11.8. The molecule has 0 saturated carbocycles. The second-order valence-electron chi connectivity index (χ2n) is 9.54. The summed E-state index contributed by atoms with van der Waals surface area (Å²) in [6.45, 7) is 0. The second-order valence-corrected chi connectivity index (χ2v) is 9.54. The molecule has 0 spiro atoms. The van der Waals surface area contributed by atoms with Gasteiger partial charge in [0, 0.05) is 22.1 Å². The van der Waals surface area contributed by atoms with E-state index in [2.05, 4.69) is 100 Å². The van der Waals surface area contributed by atoms with E-state index in [0.717, 1.165) is 66.2 Å². The van der Waals surface area contributed by atoms with E-state index in [0.29, 0.717) is 0 Å². The van der Waals surface area contributed by atoms with Crippen molar-refractivity contribution < 1.29 is 8.81 Å². The summed E-state index contributed by atoms with van der Waals surface area (Å²) in [5.41, 5.74) is 7.32. The van der Waals surface area contributed by atoms with Crippen molar-refractivity contribution in [3.05, 3.63) is 133 Å². The lowest BCUT2D eigenvalue weighted by molar-refractivity contribution is 0.627. The van der Waals surface area contributed by atoms with Crippen LogP contribution in [-0.4, -0.2) is 9.13 Å². The minimum Gasteiger partial charge on any atom is -0.450 e. The summed E-state index contributed by atoms with van der Waals surface area (Å²) in [6, 6.07) is 42.3. The summed E-state index contributed by atoms with van der Waals surface area (Å²) in [7, 11) is 0. The van der Waals surface area contributed by atoms with Crippen LogP contribution in [0.15, 0.2) is 132 Å². The van der Waals surface area contributed by atoms with Crippen molar-refractivity contribution in [1.29, 1.82) is 0 Å². The number of hydrogen-bond donors (Lipinski definition) is 0. The van der Waals surface area contributed by atoms with Gasteiger partial charge in [0.15, 0.2) is 11.2 Å². The van der Waals surface area contributed by atoms with Gasteiger partial charge in [0.05, 0.1) is 22.1 Å². The van der Waals surface area contributed by atoms with Crippen molar-refractivity contribution >= 4 is 54.8 Å². The van der Waals surface area contributed by atoms with Crippen LogP contribution in [0.3, 0.4) is 0 Å². The van der Waals surface area contributed by atoms with Gasteiger partial charge < -0.3 is 13.6 Å². The molecule has 0 N–H and O–H groups in total. The van der Waals surface area contributed by atoms with Gasteiger partial charge in [-0.15, -0.1) is 0 Å². The summed E-state index contributed by atoms with van der Waals surface area (Å²) in [6.07, 6.45) is 0. The highest BCUT2D eigenvalue weighted by Gasteiger charge is 2.18. The maximum atomic E-state index is 14.0. The minimum absolute atomic E-state index is 0.269. The van der Waals surface area contributed by atoms with Gasteiger partial charge in [-0.2, -0.15) is 0 Å². The van der Waals surface area contributed by atoms with Gasteiger partial charge in [-0.1, -0.05) is 66.7 Å². The number of nitrogens with zero attached hydrogens (tertiary/aromatic N) is 2. The Kier molecular flexibility index (Phi) is 4.40. The van der Waals surface area contributed by atoms with Crippen molar-refractivity contribution in [2.24, 2.45) is 0 Å². The summed E-state index contributed by atoms with van der Waals surface area (Å²) < 4.78 is 25.4. The molecule has 0 unspecified atom stereocenters. The standard InChI is InChI=1S/C34H21FN2O/c35-23-17-19-25(20-18-23)36-28-13-5-4-11-26(28)27-12-6-8-22-16-21-31-34(32(22)27)38-33-29(36)14-7-15-30(33)37(31)24-9-2-1-3-10-24/h1-21H. The molecule has 3 nitrogen and oxygen atoms in total. The molecule has 0 atom stereocenters. The molecule has 0 aliphatic carbocycles. The number of para-hydroxylation sites is 3. The maximum absolute atomic E-state index is 14.0. The highest BCUT2D eigenvalue weighted by Crippen LogP contribution is 2.39. The maximum Gasteiger partial charge on any atom is 0.175 e. The van der Waals surface area contributed by atoms with Crippen LogP contribution in [0.25, 0.3) is 66.2 Å². The number of fused-ring (bicyclic) bond motifs is 2. The van der Waals surface area contributed by atoms with Crippen LogP contribution < -0.4 is 0 Å². The fourth-order valence-electron chi connectivity index (χ4n) is 5.79. The summed E-state index contributed by atoms with van der Waals surface area (Å²) in [4.78, 5) is 0. The molecule has 8 aromatic rings. The van der Waals surface area contributed by atoms with Gasteiger partial charge in [-0.3, -0.25) is 0 Å². The van der Waals surface area contributed by atoms with Crippen molar-refractivity contribution in [2.75, 3.05) is 0 Å². The Morgan fingerprint density at radius 3 is 1.87 bits per heavy atom. The van der Waals surface area contributed by atoms with E-state index >= 15 is 0 Å². The molecule has 4 heteroatoms. The zero-order chi connectivity index (χ0) is 25.2. The predicted molar refractivity (Wildman–Crippen MR) is 154 cm³/mol. The molecule has 38 heavy (non-hydrogen) atoms. The Labute approximate surface area is 217 Å². The largest absolute Gasteiger partial charge is 0.450 e. The minimum atomic E-state index is -0.269. The van der Waals surface area contributed by atoms with Crippen molar-refractivity contribution in [1.82, 2.24) is 9.13 Å². The highest BCUT2D eigenvalue weighted by atomic mass is 19.1. The van der Waals surface area contributed by atoms with Crippen molar-refractivity contribution in [3.8, 4) is 11.4 Å². The fraction of sp³-hybridized carbons (Fsp3) is 0. The molecule has 0 aliphatic heterocycles. The van der Waals surface area contributed by atoms with Crippen molar-refractivity contribution in [2.45, 2.75) is 0 Å². The molecule has 0 aliphatic rings. The van der Waals surface area contributed by atoms with Gasteiger partial charge in [0.1, 0.15) is 5.82 Å². The van der Waals surface area contributed by atoms with Gasteiger partial charge >= 0.3 is 0 Å². The van der Waals surface area contributed by atoms with Crippen LogP contribution in [-0.2, 0) is 0 Å². The van der Waals surface area contributed by atoms with Gasteiger partial charge in [0.2, 0.25) is 0 Å². The van der Waals surface area contributed by atoms with Gasteiger partial charge in [-0.05, 0) is 71.4 Å². The van der Waals surface area contributed by atoms with Crippen LogP contribution in [0.4, 0.5) is 4.39 Å². The third-order valence-corrected chi connectivity index (χ3v) is 7.41. The molecule has 8 rings (SSSR count). The lowest BCUT2D eigenvalue weighted by Gasteiger charge is -2.17. The van der Waals surface area contributed by atoms with Gasteiger partial charge in [0.25, 0.3) is 0 Å². The molecule has 0 amide bonds. The SMILES string of the molecule is Fc1ccc(-n2c3ccccc3c3cccc4ccc5c(oc6c2cccc6n5-c2ccccc2)c43)cc1. The first-order valence-electron chi connectivity index (χ1n) is 12.6. The molecular formula is C34H21FN2O. The van der Waals surface area contributed by atoms with E-state index in [1.165, 1.54) is 12.1 Å². The van der Waals surface area contributed by atoms with E-state index in [1.807, 2.05) is 24.3 Å². The lowest BCUT2D eigenvalue weighted by atomic mass is 10.0. The topological polar surface area (TPSA) is 23.0 Å². The average molecular weight is 493 g/mol. The summed E-state index contributed by atoms with van der Waals surface area (Å²) in [5, 5.41) is 4.35. The van der Waals surface area contributed by atoms with E-state index in [4.69, 9.17) is 4.42 Å². The first-order chi connectivity index (χ1) is 18.8. The van der Waals surface area contributed by atoms with Crippen LogP contribution in [0.1, 0.15) is 0 Å². The van der Waals surface area contributed by atoms with Crippen molar-refractivity contribution in [3.63, 3.8) is 0 Å². The number of hydrogen-bond acceptors (Lipinski definition) is 1. The number of rotatable bonds is 2. The average Bonchev–Trinajstić information content (AvgIpc) is 3.02. The molecule has 180 valence electrons. The Morgan fingerprint density at radius 1 is 0.447 bits per heavy atom. The Bertz CT molecular complexity index is 2180. The quantitative estimate of drug-likeness (QED) is 0.174. The molecule has 0 saturated heterocycles. The highest BCUT2D eigenvalue weighted by molar-refractivity contribution is 6.20. The zero-order valence-electron chi connectivity index (χ0n) is 20.3.